The molecule has 2 aliphatic rings. The Hall–Kier alpha value is -3.71. The van der Waals surface area contributed by atoms with Gasteiger partial charge in [0, 0.05) is 18.2 Å². The number of aryl methyl sites for hydroxylation is 1. The van der Waals surface area contributed by atoms with E-state index in [9.17, 15) is 19.1 Å². The number of amides is 3. The fourth-order valence-corrected chi connectivity index (χ4v) is 5.17. The van der Waals surface area contributed by atoms with Gasteiger partial charge in [-0.3, -0.25) is 4.79 Å². The number of hydrogen-bond acceptors (Lipinski definition) is 3. The van der Waals surface area contributed by atoms with Gasteiger partial charge in [0.2, 0.25) is 5.91 Å². The highest BCUT2D eigenvalue weighted by atomic mass is 19.1. The molecule has 5 rings (SSSR count). The van der Waals surface area contributed by atoms with Crippen LogP contribution in [-0.2, 0) is 4.79 Å². The molecule has 2 N–H and O–H groups in total. The van der Waals surface area contributed by atoms with Crippen LogP contribution < -0.4 is 5.32 Å². The van der Waals surface area contributed by atoms with Crippen LogP contribution >= 0.6 is 0 Å². The molecule has 174 valence electrons. The van der Waals surface area contributed by atoms with Gasteiger partial charge in [-0.2, -0.15) is 0 Å². The first-order valence-electron chi connectivity index (χ1n) is 11.4. The summed E-state index contributed by atoms with van der Waals surface area (Å²) in [5, 5.41) is 12.7. The van der Waals surface area contributed by atoms with Crippen LogP contribution in [0.15, 0.2) is 72.8 Å². The zero-order chi connectivity index (χ0) is 23.8. The number of hydrogen-bond donors (Lipinski definition) is 2. The SMILES string of the molecule is Cc1ccccc1-c1ccc([C@H]2[C@@H](CO)N3C(=O)CN(C(=O)Nc4ccc(F)cc4)C[C@H]23)cc1. The Bertz CT molecular complexity index is 1210. The van der Waals surface area contributed by atoms with Crippen LogP contribution in [0.2, 0.25) is 0 Å². The summed E-state index contributed by atoms with van der Waals surface area (Å²) in [7, 11) is 0. The number of urea groups is 1. The number of anilines is 1. The molecule has 3 aromatic carbocycles. The predicted molar refractivity (Wildman–Crippen MR) is 128 cm³/mol. The van der Waals surface area contributed by atoms with Gasteiger partial charge in [-0.1, -0.05) is 48.5 Å². The van der Waals surface area contributed by atoms with Crippen LogP contribution in [0.3, 0.4) is 0 Å². The van der Waals surface area contributed by atoms with Gasteiger partial charge < -0.3 is 20.2 Å². The Morgan fingerprint density at radius 2 is 1.76 bits per heavy atom. The third kappa shape index (κ3) is 3.92. The maximum atomic E-state index is 13.2. The fraction of sp³-hybridized carbons (Fsp3) is 0.259. The fourth-order valence-electron chi connectivity index (χ4n) is 5.17. The van der Waals surface area contributed by atoms with E-state index >= 15 is 0 Å². The van der Waals surface area contributed by atoms with Crippen LogP contribution in [0.25, 0.3) is 11.1 Å². The molecular formula is C27H26FN3O3. The highest BCUT2D eigenvalue weighted by Crippen LogP contribution is 2.43. The van der Waals surface area contributed by atoms with Gasteiger partial charge in [-0.15, -0.1) is 0 Å². The molecule has 0 spiro atoms. The normalized spacial score (nSPS) is 21.6. The molecular weight excluding hydrogens is 433 g/mol. The van der Waals surface area contributed by atoms with E-state index in [0.717, 1.165) is 11.1 Å². The van der Waals surface area contributed by atoms with E-state index in [1.165, 1.54) is 40.3 Å². The number of carbonyl (C=O) groups excluding carboxylic acids is 2. The second-order valence-corrected chi connectivity index (χ2v) is 8.90. The summed E-state index contributed by atoms with van der Waals surface area (Å²) in [4.78, 5) is 28.8. The van der Waals surface area contributed by atoms with Gasteiger partial charge in [0.1, 0.15) is 12.4 Å². The average Bonchev–Trinajstić information content (AvgIpc) is 2.82. The number of nitrogens with one attached hydrogen (secondary N) is 1. The quantitative estimate of drug-likeness (QED) is 0.619. The summed E-state index contributed by atoms with van der Waals surface area (Å²) in [5.41, 5.74) is 4.97. The minimum absolute atomic E-state index is 0.0566. The molecule has 7 heteroatoms. The number of halogens is 1. The highest BCUT2D eigenvalue weighted by Gasteiger charge is 2.54. The summed E-state index contributed by atoms with van der Waals surface area (Å²) < 4.78 is 13.2. The zero-order valence-corrected chi connectivity index (χ0v) is 18.8. The van der Waals surface area contributed by atoms with Crippen LogP contribution in [0.1, 0.15) is 17.0 Å². The van der Waals surface area contributed by atoms with Gasteiger partial charge >= 0.3 is 6.03 Å². The molecule has 34 heavy (non-hydrogen) atoms. The van der Waals surface area contributed by atoms with Crippen LogP contribution in [0, 0.1) is 12.7 Å². The molecule has 2 fully saturated rings. The van der Waals surface area contributed by atoms with E-state index in [4.69, 9.17) is 0 Å². The van der Waals surface area contributed by atoms with Gasteiger partial charge in [0.25, 0.3) is 0 Å². The Balaban J connectivity index is 1.34. The van der Waals surface area contributed by atoms with E-state index < -0.39 is 6.03 Å². The van der Waals surface area contributed by atoms with Crippen molar-refractivity contribution in [2.24, 2.45) is 0 Å². The molecule has 0 bridgehead atoms. The van der Waals surface area contributed by atoms with Crippen molar-refractivity contribution in [3.8, 4) is 11.1 Å². The Morgan fingerprint density at radius 3 is 2.44 bits per heavy atom. The van der Waals surface area contributed by atoms with Crippen LogP contribution in [-0.4, -0.2) is 58.6 Å². The second kappa shape index (κ2) is 8.91. The predicted octanol–water partition coefficient (Wildman–Crippen LogP) is 4.00. The van der Waals surface area contributed by atoms with Gasteiger partial charge in [0.05, 0.1) is 18.7 Å². The molecule has 2 aliphatic heterocycles. The lowest BCUT2D eigenvalue weighted by molar-refractivity contribution is -0.159. The van der Waals surface area contributed by atoms with Gasteiger partial charge in [0.15, 0.2) is 0 Å². The number of nitrogens with zero attached hydrogens (tertiary/aromatic N) is 2. The number of piperazine rings is 1. The maximum absolute atomic E-state index is 13.2. The smallest absolute Gasteiger partial charge is 0.322 e. The second-order valence-electron chi connectivity index (χ2n) is 8.90. The topological polar surface area (TPSA) is 72.9 Å². The Morgan fingerprint density at radius 1 is 1.06 bits per heavy atom. The maximum Gasteiger partial charge on any atom is 0.322 e. The lowest BCUT2D eigenvalue weighted by atomic mass is 9.73. The molecule has 3 aromatic rings. The number of aliphatic hydroxyl groups is 1. The first-order valence-corrected chi connectivity index (χ1v) is 11.4. The minimum Gasteiger partial charge on any atom is -0.394 e. The Labute approximate surface area is 197 Å². The molecule has 0 aromatic heterocycles. The summed E-state index contributed by atoms with van der Waals surface area (Å²) in [6.45, 7) is 2.25. The van der Waals surface area contributed by atoms with Crippen molar-refractivity contribution < 1.29 is 19.1 Å². The van der Waals surface area contributed by atoms with E-state index in [1.807, 2.05) is 12.1 Å². The first-order chi connectivity index (χ1) is 16.5. The van der Waals surface area contributed by atoms with Crippen molar-refractivity contribution in [3.63, 3.8) is 0 Å². The van der Waals surface area contributed by atoms with Crippen LogP contribution in [0.5, 0.6) is 0 Å². The van der Waals surface area contributed by atoms with E-state index in [-0.39, 0.29) is 42.9 Å². The van der Waals surface area contributed by atoms with Crippen molar-refractivity contribution in [2.45, 2.75) is 24.9 Å². The molecule has 0 aliphatic carbocycles. The largest absolute Gasteiger partial charge is 0.394 e. The van der Waals surface area contributed by atoms with E-state index in [2.05, 4.69) is 48.6 Å². The van der Waals surface area contributed by atoms with Crippen molar-refractivity contribution in [1.82, 2.24) is 9.80 Å². The molecule has 6 nitrogen and oxygen atoms in total. The van der Waals surface area contributed by atoms with Crippen molar-refractivity contribution in [2.75, 3.05) is 25.0 Å². The number of carbonyl (C=O) groups is 2. The summed E-state index contributed by atoms with van der Waals surface area (Å²) in [6, 6.07) is 21.0. The minimum atomic E-state index is -0.402. The lowest BCUT2D eigenvalue weighted by Gasteiger charge is -2.58. The standard InChI is InChI=1S/C27H26FN3O3/c1-17-4-2-3-5-22(17)18-6-8-19(9-7-18)26-23-14-30(15-25(33)31(23)24(26)16-32)27(34)29-21-12-10-20(28)11-13-21/h2-13,23-24,26,32H,14-16H2,1H3,(H,29,34)/t23-,24-,26-/m1/s1. The molecule has 0 saturated carbocycles. The first kappa shape index (κ1) is 22.1. The number of aliphatic hydroxyl groups excluding tert-OH is 1. The molecule has 0 unspecified atom stereocenters. The number of rotatable bonds is 4. The third-order valence-electron chi connectivity index (χ3n) is 6.89. The lowest BCUT2D eigenvalue weighted by Crippen LogP contribution is -2.73. The van der Waals surface area contributed by atoms with Gasteiger partial charge in [-0.25, -0.2) is 9.18 Å². The van der Waals surface area contributed by atoms with Crippen molar-refractivity contribution >= 4 is 17.6 Å². The molecule has 0 radical (unpaired) electrons. The zero-order valence-electron chi connectivity index (χ0n) is 18.8. The van der Waals surface area contributed by atoms with E-state index in [0.29, 0.717) is 12.2 Å². The average molecular weight is 460 g/mol. The van der Waals surface area contributed by atoms with Crippen molar-refractivity contribution in [1.29, 1.82) is 0 Å². The van der Waals surface area contributed by atoms with E-state index in [1.54, 1.807) is 4.90 Å². The number of benzene rings is 3. The summed E-state index contributed by atoms with van der Waals surface area (Å²) in [5.74, 6) is -0.638. The van der Waals surface area contributed by atoms with Crippen LogP contribution in [0.4, 0.5) is 14.9 Å². The monoisotopic (exact) mass is 459 g/mol. The molecule has 2 heterocycles. The molecule has 3 atom stereocenters. The molecule has 2 saturated heterocycles. The summed E-state index contributed by atoms with van der Waals surface area (Å²) in [6.07, 6.45) is 0. The summed E-state index contributed by atoms with van der Waals surface area (Å²) >= 11 is 0. The van der Waals surface area contributed by atoms with Gasteiger partial charge in [-0.05, 0) is 53.4 Å². The molecule has 3 amide bonds. The Kier molecular flexibility index (Phi) is 5.79. The third-order valence-corrected chi connectivity index (χ3v) is 6.89. The highest BCUT2D eigenvalue weighted by molar-refractivity contribution is 5.93. The van der Waals surface area contributed by atoms with Crippen molar-refractivity contribution in [3.05, 3.63) is 89.7 Å². The number of fused-ring (bicyclic) bond motifs is 1.